The molecule has 208 valence electrons. The molecule has 2 aliphatic rings. The molecule has 4 heterocycles. The second kappa shape index (κ2) is 11.9. The van der Waals surface area contributed by atoms with Gasteiger partial charge in [0.25, 0.3) is 0 Å². The second-order valence-corrected chi connectivity index (χ2v) is 10.9. The molecule has 2 amide bonds. The van der Waals surface area contributed by atoms with Crippen molar-refractivity contribution in [3.63, 3.8) is 0 Å². The summed E-state index contributed by atoms with van der Waals surface area (Å²) in [7, 11) is -3.90. The molecule has 5 N–H and O–H groups in total. The number of urea groups is 1. The second-order valence-electron chi connectivity index (χ2n) is 8.88. The van der Waals surface area contributed by atoms with Gasteiger partial charge in [-0.2, -0.15) is 0 Å². The van der Waals surface area contributed by atoms with E-state index in [1.807, 2.05) is 36.4 Å². The Labute approximate surface area is 224 Å². The van der Waals surface area contributed by atoms with Crippen LogP contribution in [-0.2, 0) is 23.3 Å². The van der Waals surface area contributed by atoms with E-state index in [0.29, 0.717) is 17.7 Å². The van der Waals surface area contributed by atoms with E-state index in [1.54, 1.807) is 17.6 Å². The number of carbonyl (C=O) groups is 1. The van der Waals surface area contributed by atoms with Crippen molar-refractivity contribution < 1.29 is 33.0 Å². The molecule has 14 nitrogen and oxygen atoms in total. The third-order valence-corrected chi connectivity index (χ3v) is 7.54. The fourth-order valence-electron chi connectivity index (χ4n) is 4.42. The number of nitrogens with zero attached hydrogens (tertiary/aromatic N) is 4. The first-order valence-corrected chi connectivity index (χ1v) is 14.2. The van der Waals surface area contributed by atoms with E-state index in [4.69, 9.17) is 24.5 Å². The van der Waals surface area contributed by atoms with Crippen LogP contribution in [0.25, 0.3) is 17.2 Å². The Hall–Kier alpha value is -3.23. The van der Waals surface area contributed by atoms with Crippen molar-refractivity contribution >= 4 is 36.7 Å². The predicted molar refractivity (Wildman–Crippen MR) is 141 cm³/mol. The SMILES string of the molecule is CCNC(=O)Nc1ncnc2c1ncn2[C@@H]1O[C@H](COP(=O)(O)CCN)C2O[C@H](C=Cc3ccccc3)O[C@@H]21. The van der Waals surface area contributed by atoms with Crippen LogP contribution < -0.4 is 16.4 Å². The number of hydrogen-bond acceptors (Lipinski definition) is 10. The Morgan fingerprint density at radius 1 is 1.21 bits per heavy atom. The lowest BCUT2D eigenvalue weighted by Gasteiger charge is -2.21. The minimum atomic E-state index is -3.90. The molecule has 0 radical (unpaired) electrons. The number of ether oxygens (including phenoxy) is 3. The summed E-state index contributed by atoms with van der Waals surface area (Å²) < 4.78 is 37.8. The molecule has 2 aromatic heterocycles. The maximum atomic E-state index is 12.3. The van der Waals surface area contributed by atoms with Gasteiger partial charge >= 0.3 is 13.6 Å². The average molecular weight is 560 g/mol. The molecule has 3 aromatic rings. The van der Waals surface area contributed by atoms with Crippen molar-refractivity contribution in [1.82, 2.24) is 24.8 Å². The summed E-state index contributed by atoms with van der Waals surface area (Å²) in [5.74, 6) is 0.231. The first kappa shape index (κ1) is 27.3. The van der Waals surface area contributed by atoms with Crippen LogP contribution in [0.3, 0.4) is 0 Å². The van der Waals surface area contributed by atoms with Crippen molar-refractivity contribution in [2.45, 2.75) is 37.8 Å². The number of imidazole rings is 1. The number of fused-ring (bicyclic) bond motifs is 2. The van der Waals surface area contributed by atoms with E-state index in [9.17, 15) is 14.3 Å². The molecule has 0 bridgehead atoms. The topological polar surface area (TPSA) is 185 Å². The lowest BCUT2D eigenvalue weighted by molar-refractivity contribution is -0.131. The van der Waals surface area contributed by atoms with Gasteiger partial charge in [-0.3, -0.25) is 14.4 Å². The molecule has 15 heteroatoms. The number of nitrogens with one attached hydrogen (secondary N) is 2. The third kappa shape index (κ3) is 6.17. The van der Waals surface area contributed by atoms with Crippen molar-refractivity contribution in [3.05, 3.63) is 54.6 Å². The Kier molecular flexibility index (Phi) is 8.33. The molecule has 0 saturated carbocycles. The van der Waals surface area contributed by atoms with E-state index >= 15 is 0 Å². The van der Waals surface area contributed by atoms with Gasteiger partial charge in [-0.05, 0) is 18.6 Å². The number of carbonyl (C=O) groups excluding carboxylic acids is 1. The summed E-state index contributed by atoms with van der Waals surface area (Å²) in [6.45, 7) is 2.04. The molecule has 6 atom stereocenters. The number of anilines is 1. The van der Waals surface area contributed by atoms with Crippen LogP contribution in [0.4, 0.5) is 10.6 Å². The smallest absolute Gasteiger partial charge is 0.329 e. The zero-order chi connectivity index (χ0) is 27.4. The number of rotatable bonds is 10. The summed E-state index contributed by atoms with van der Waals surface area (Å²) >= 11 is 0. The molecule has 2 unspecified atom stereocenters. The Morgan fingerprint density at radius 2 is 2.00 bits per heavy atom. The largest absolute Gasteiger partial charge is 0.347 e. The van der Waals surface area contributed by atoms with Crippen molar-refractivity contribution in [1.29, 1.82) is 0 Å². The third-order valence-electron chi connectivity index (χ3n) is 6.17. The van der Waals surface area contributed by atoms with Crippen LogP contribution in [0.2, 0.25) is 0 Å². The van der Waals surface area contributed by atoms with Crippen LogP contribution >= 0.6 is 7.60 Å². The van der Waals surface area contributed by atoms with Gasteiger partial charge in [0.15, 0.2) is 29.5 Å². The summed E-state index contributed by atoms with van der Waals surface area (Å²) in [6, 6.07) is 9.27. The molecule has 2 aliphatic heterocycles. The minimum absolute atomic E-state index is 0.00727. The van der Waals surface area contributed by atoms with Crippen molar-refractivity contribution in [3.8, 4) is 0 Å². The quantitative estimate of drug-likeness (QED) is 0.266. The fourth-order valence-corrected chi connectivity index (χ4v) is 5.26. The van der Waals surface area contributed by atoms with E-state index in [1.165, 1.54) is 12.7 Å². The Morgan fingerprint density at radius 3 is 2.77 bits per heavy atom. The highest BCUT2D eigenvalue weighted by Gasteiger charge is 2.53. The summed E-state index contributed by atoms with van der Waals surface area (Å²) in [4.78, 5) is 35.0. The van der Waals surface area contributed by atoms with Gasteiger partial charge < -0.3 is 34.7 Å². The molecule has 2 fully saturated rings. The van der Waals surface area contributed by atoms with Gasteiger partial charge in [0.1, 0.15) is 24.6 Å². The van der Waals surface area contributed by atoms with Crippen molar-refractivity contribution in [2.75, 3.05) is 31.2 Å². The molecule has 0 aliphatic carbocycles. The lowest BCUT2D eigenvalue weighted by Crippen LogP contribution is -2.31. The summed E-state index contributed by atoms with van der Waals surface area (Å²) in [5, 5.41) is 5.30. The van der Waals surface area contributed by atoms with Crippen LogP contribution in [0.15, 0.2) is 49.1 Å². The van der Waals surface area contributed by atoms with Gasteiger partial charge in [-0.1, -0.05) is 36.4 Å². The first-order valence-electron chi connectivity index (χ1n) is 12.5. The summed E-state index contributed by atoms with van der Waals surface area (Å²) in [5.41, 5.74) is 7.15. The minimum Gasteiger partial charge on any atom is -0.347 e. The normalized spacial score (nSPS) is 26.1. The Balaban J connectivity index is 1.40. The highest BCUT2D eigenvalue weighted by atomic mass is 31.2. The van der Waals surface area contributed by atoms with Crippen LogP contribution in [-0.4, -0.2) is 80.9 Å². The van der Waals surface area contributed by atoms with E-state index in [0.717, 1.165) is 5.56 Å². The molecule has 0 spiro atoms. The van der Waals surface area contributed by atoms with Gasteiger partial charge in [0.05, 0.1) is 19.1 Å². The highest BCUT2D eigenvalue weighted by Crippen LogP contribution is 2.45. The monoisotopic (exact) mass is 559 g/mol. The molecule has 2 saturated heterocycles. The molecule has 39 heavy (non-hydrogen) atoms. The number of aromatic nitrogens is 4. The van der Waals surface area contributed by atoms with Gasteiger partial charge in [-0.15, -0.1) is 0 Å². The highest BCUT2D eigenvalue weighted by molar-refractivity contribution is 7.52. The van der Waals surface area contributed by atoms with E-state index in [2.05, 4.69) is 25.6 Å². The number of hydrogen-bond donors (Lipinski definition) is 4. The zero-order valence-electron chi connectivity index (χ0n) is 21.1. The zero-order valence-corrected chi connectivity index (χ0v) is 22.0. The van der Waals surface area contributed by atoms with Crippen molar-refractivity contribution in [2.24, 2.45) is 5.73 Å². The number of nitrogens with two attached hydrogens (primary N) is 1. The number of amides is 2. The van der Waals surface area contributed by atoms with E-state index in [-0.39, 0.29) is 25.1 Å². The standard InChI is InChI=1S/C24H30N7O7P/c1-2-26-24(32)30-21-18-22(28-13-27-21)31(14-29-18)23-20-19(16(36-23)12-35-39(33,34)11-10-25)37-17(38-20)9-8-15-6-4-3-5-7-15/h3-9,13-14,16-17,19-20,23H,2,10-12,25H2,1H3,(H,33,34)(H2,26,27,28,30,32)/t16-,17+,19?,20+,23-/m1/s1. The van der Waals surface area contributed by atoms with Gasteiger partial charge in [-0.25, -0.2) is 19.7 Å². The maximum absolute atomic E-state index is 12.3. The molecule has 5 rings (SSSR count). The van der Waals surface area contributed by atoms with E-state index < -0.39 is 44.5 Å². The number of benzene rings is 1. The van der Waals surface area contributed by atoms with Crippen LogP contribution in [0.5, 0.6) is 0 Å². The average Bonchev–Trinajstić information content (AvgIpc) is 3.61. The van der Waals surface area contributed by atoms with Crippen LogP contribution in [0, 0.1) is 0 Å². The Bertz CT molecular complexity index is 1370. The lowest BCUT2D eigenvalue weighted by atomic mass is 10.1. The molecular weight excluding hydrogens is 529 g/mol. The molecule has 1 aromatic carbocycles. The predicted octanol–water partition coefficient (Wildman–Crippen LogP) is 1.85. The summed E-state index contributed by atoms with van der Waals surface area (Å²) in [6.07, 6.45) is 2.88. The fraction of sp³-hybridized carbons (Fsp3) is 0.417. The van der Waals surface area contributed by atoms with Crippen LogP contribution in [0.1, 0.15) is 18.7 Å². The van der Waals surface area contributed by atoms with Gasteiger partial charge in [0.2, 0.25) is 0 Å². The van der Waals surface area contributed by atoms with Gasteiger partial charge in [0, 0.05) is 13.1 Å². The first-order chi connectivity index (χ1) is 18.9. The maximum Gasteiger partial charge on any atom is 0.329 e. The molecular formula is C24H30N7O7P.